The van der Waals surface area contributed by atoms with Gasteiger partial charge in [-0.25, -0.2) is 4.39 Å². The van der Waals surface area contributed by atoms with Crippen LogP contribution < -0.4 is 5.32 Å². The number of halogens is 2. The van der Waals surface area contributed by atoms with Crippen molar-refractivity contribution in [3.63, 3.8) is 0 Å². The van der Waals surface area contributed by atoms with Gasteiger partial charge in [-0.15, -0.1) is 0 Å². The van der Waals surface area contributed by atoms with E-state index >= 15 is 0 Å². The molecule has 1 atom stereocenters. The number of hydrogen-bond acceptors (Lipinski definition) is 1. The molecule has 0 spiro atoms. The highest BCUT2D eigenvalue weighted by Crippen LogP contribution is 2.15. The summed E-state index contributed by atoms with van der Waals surface area (Å²) in [5, 5.41) is 4.12. The Balaban J connectivity index is 1.96. The van der Waals surface area contributed by atoms with Crippen molar-refractivity contribution in [1.82, 2.24) is 5.32 Å². The summed E-state index contributed by atoms with van der Waals surface area (Å²) < 4.78 is 12.8. The molecule has 0 unspecified atom stereocenters. The van der Waals surface area contributed by atoms with Crippen LogP contribution in [0.1, 0.15) is 24.1 Å². The second-order valence-corrected chi connectivity index (χ2v) is 4.72. The third kappa shape index (κ3) is 3.56. The molecule has 0 radical (unpaired) electrons. The average molecular weight is 264 g/mol. The van der Waals surface area contributed by atoms with Crippen LogP contribution in [0.15, 0.2) is 48.5 Å². The molecular weight excluding hydrogens is 249 g/mol. The SMILES string of the molecule is C[C@@H](NCc1cccc(Cl)c1)c1ccc(F)cc1. The van der Waals surface area contributed by atoms with Gasteiger partial charge in [-0.3, -0.25) is 0 Å². The van der Waals surface area contributed by atoms with Crippen LogP contribution in [-0.4, -0.2) is 0 Å². The summed E-state index contributed by atoms with van der Waals surface area (Å²) in [5.41, 5.74) is 2.20. The fourth-order valence-corrected chi connectivity index (χ4v) is 2.00. The molecule has 0 aromatic heterocycles. The van der Waals surface area contributed by atoms with E-state index in [2.05, 4.69) is 12.2 Å². The lowest BCUT2D eigenvalue weighted by molar-refractivity contribution is 0.571. The molecule has 0 aliphatic carbocycles. The van der Waals surface area contributed by atoms with Crippen molar-refractivity contribution < 1.29 is 4.39 Å². The number of rotatable bonds is 4. The van der Waals surface area contributed by atoms with Crippen LogP contribution in [0, 0.1) is 5.82 Å². The average Bonchev–Trinajstić information content (AvgIpc) is 2.37. The monoisotopic (exact) mass is 263 g/mol. The molecule has 94 valence electrons. The lowest BCUT2D eigenvalue weighted by atomic mass is 10.1. The van der Waals surface area contributed by atoms with Gasteiger partial charge in [0, 0.05) is 17.6 Å². The van der Waals surface area contributed by atoms with E-state index in [-0.39, 0.29) is 11.9 Å². The van der Waals surface area contributed by atoms with E-state index in [0.717, 1.165) is 22.7 Å². The first-order valence-corrected chi connectivity index (χ1v) is 6.26. The van der Waals surface area contributed by atoms with Crippen molar-refractivity contribution in [2.24, 2.45) is 0 Å². The second kappa shape index (κ2) is 5.98. The van der Waals surface area contributed by atoms with Crippen molar-refractivity contribution in [1.29, 1.82) is 0 Å². The van der Waals surface area contributed by atoms with Gasteiger partial charge in [0.15, 0.2) is 0 Å². The standard InChI is InChI=1S/C15H15ClFN/c1-11(13-5-7-15(17)8-6-13)18-10-12-3-2-4-14(16)9-12/h2-9,11,18H,10H2,1H3/t11-/m1/s1. The third-order valence-corrected chi connectivity index (χ3v) is 3.11. The number of nitrogens with one attached hydrogen (secondary N) is 1. The van der Waals surface area contributed by atoms with E-state index in [4.69, 9.17) is 11.6 Å². The Morgan fingerprint density at radius 3 is 2.56 bits per heavy atom. The van der Waals surface area contributed by atoms with Crippen molar-refractivity contribution in [2.45, 2.75) is 19.5 Å². The molecular formula is C15H15ClFN. The van der Waals surface area contributed by atoms with Crippen molar-refractivity contribution in [2.75, 3.05) is 0 Å². The zero-order valence-electron chi connectivity index (χ0n) is 10.2. The first kappa shape index (κ1) is 13.1. The molecule has 18 heavy (non-hydrogen) atoms. The third-order valence-electron chi connectivity index (χ3n) is 2.87. The molecule has 0 saturated carbocycles. The number of benzene rings is 2. The van der Waals surface area contributed by atoms with Crippen LogP contribution in [0.5, 0.6) is 0 Å². The summed E-state index contributed by atoms with van der Waals surface area (Å²) in [4.78, 5) is 0. The van der Waals surface area contributed by atoms with Gasteiger partial charge in [0.25, 0.3) is 0 Å². The largest absolute Gasteiger partial charge is 0.306 e. The molecule has 2 rings (SSSR count). The highest BCUT2D eigenvalue weighted by molar-refractivity contribution is 6.30. The molecule has 0 amide bonds. The molecule has 0 aliphatic rings. The summed E-state index contributed by atoms with van der Waals surface area (Å²) in [6, 6.07) is 14.5. The van der Waals surface area contributed by atoms with Crippen LogP contribution >= 0.6 is 11.6 Å². The summed E-state index contributed by atoms with van der Waals surface area (Å²) in [7, 11) is 0. The van der Waals surface area contributed by atoms with Gasteiger partial charge >= 0.3 is 0 Å². The zero-order valence-corrected chi connectivity index (χ0v) is 10.9. The Kier molecular flexibility index (Phi) is 4.34. The van der Waals surface area contributed by atoms with E-state index in [1.165, 1.54) is 12.1 Å². The van der Waals surface area contributed by atoms with Gasteiger partial charge in [0.1, 0.15) is 5.82 Å². The van der Waals surface area contributed by atoms with E-state index in [1.807, 2.05) is 24.3 Å². The maximum atomic E-state index is 12.8. The molecule has 1 N–H and O–H groups in total. The van der Waals surface area contributed by atoms with E-state index in [0.29, 0.717) is 0 Å². The topological polar surface area (TPSA) is 12.0 Å². The zero-order chi connectivity index (χ0) is 13.0. The molecule has 3 heteroatoms. The molecule has 0 aliphatic heterocycles. The highest BCUT2D eigenvalue weighted by atomic mass is 35.5. The summed E-state index contributed by atoms with van der Waals surface area (Å²) in [6.07, 6.45) is 0. The first-order chi connectivity index (χ1) is 8.65. The van der Waals surface area contributed by atoms with E-state index in [9.17, 15) is 4.39 Å². The quantitative estimate of drug-likeness (QED) is 0.866. The maximum absolute atomic E-state index is 12.8. The lowest BCUT2D eigenvalue weighted by Gasteiger charge is -2.14. The van der Waals surface area contributed by atoms with Gasteiger partial charge in [-0.2, -0.15) is 0 Å². The minimum absolute atomic E-state index is 0.171. The van der Waals surface area contributed by atoms with Gasteiger partial charge < -0.3 is 5.32 Å². The minimum atomic E-state index is -0.208. The summed E-state index contributed by atoms with van der Waals surface area (Å²) >= 11 is 5.93. The molecule has 0 bridgehead atoms. The maximum Gasteiger partial charge on any atom is 0.123 e. The molecule has 2 aromatic rings. The fraction of sp³-hybridized carbons (Fsp3) is 0.200. The molecule has 0 saturated heterocycles. The normalized spacial score (nSPS) is 12.4. The predicted molar refractivity (Wildman–Crippen MR) is 73.1 cm³/mol. The molecule has 0 heterocycles. The Morgan fingerprint density at radius 1 is 1.17 bits per heavy atom. The van der Waals surface area contributed by atoms with Crippen LogP contribution in [0.3, 0.4) is 0 Å². The van der Waals surface area contributed by atoms with Crippen molar-refractivity contribution in [3.05, 3.63) is 70.5 Å². The van der Waals surface area contributed by atoms with E-state index < -0.39 is 0 Å². The molecule has 0 fully saturated rings. The first-order valence-electron chi connectivity index (χ1n) is 5.88. The van der Waals surface area contributed by atoms with E-state index in [1.54, 1.807) is 12.1 Å². The van der Waals surface area contributed by atoms with Gasteiger partial charge in [0.2, 0.25) is 0 Å². The Hall–Kier alpha value is -1.38. The van der Waals surface area contributed by atoms with Crippen molar-refractivity contribution >= 4 is 11.6 Å². The van der Waals surface area contributed by atoms with Crippen LogP contribution in [0.4, 0.5) is 4.39 Å². The smallest absolute Gasteiger partial charge is 0.123 e. The Bertz CT molecular complexity index is 510. The van der Waals surface area contributed by atoms with Gasteiger partial charge in [0.05, 0.1) is 0 Å². The predicted octanol–water partition coefficient (Wildman–Crippen LogP) is 4.33. The Morgan fingerprint density at radius 2 is 1.89 bits per heavy atom. The van der Waals surface area contributed by atoms with Crippen LogP contribution in [0.25, 0.3) is 0 Å². The fourth-order valence-electron chi connectivity index (χ4n) is 1.79. The molecule has 2 aromatic carbocycles. The highest BCUT2D eigenvalue weighted by Gasteiger charge is 2.04. The van der Waals surface area contributed by atoms with Crippen LogP contribution in [-0.2, 0) is 6.54 Å². The van der Waals surface area contributed by atoms with Gasteiger partial charge in [-0.1, -0.05) is 35.9 Å². The van der Waals surface area contributed by atoms with Crippen molar-refractivity contribution in [3.8, 4) is 0 Å². The minimum Gasteiger partial charge on any atom is -0.306 e. The summed E-state index contributed by atoms with van der Waals surface area (Å²) in [6.45, 7) is 2.79. The van der Waals surface area contributed by atoms with Gasteiger partial charge in [-0.05, 0) is 42.3 Å². The summed E-state index contributed by atoms with van der Waals surface area (Å²) in [5.74, 6) is -0.208. The lowest BCUT2D eigenvalue weighted by Crippen LogP contribution is -2.18. The second-order valence-electron chi connectivity index (χ2n) is 4.28. The van der Waals surface area contributed by atoms with Crippen LogP contribution in [0.2, 0.25) is 5.02 Å². The molecule has 1 nitrogen and oxygen atoms in total. The number of hydrogen-bond donors (Lipinski definition) is 1. The Labute approximate surface area is 112 Å².